The van der Waals surface area contributed by atoms with Gasteiger partial charge in [0.15, 0.2) is 0 Å². The monoisotopic (exact) mass is 446 g/mol. The van der Waals surface area contributed by atoms with Crippen molar-refractivity contribution in [2.45, 2.75) is 13.0 Å². The first-order valence-electron chi connectivity index (χ1n) is 10.2. The van der Waals surface area contributed by atoms with Gasteiger partial charge in [0.2, 0.25) is 0 Å². The third-order valence-electron chi connectivity index (χ3n) is 5.58. The highest BCUT2D eigenvalue weighted by Crippen LogP contribution is 2.42. The summed E-state index contributed by atoms with van der Waals surface area (Å²) in [7, 11) is 3.87. The van der Waals surface area contributed by atoms with Gasteiger partial charge < -0.3 is 10.0 Å². The number of hydrogen-bond acceptors (Lipinski definition) is 4. The second kappa shape index (κ2) is 8.52. The molecule has 1 aliphatic rings. The molecule has 1 N–H and O–H groups in total. The molecule has 3 aromatic carbocycles. The van der Waals surface area contributed by atoms with Gasteiger partial charge in [0.1, 0.15) is 5.76 Å². The van der Waals surface area contributed by atoms with Gasteiger partial charge in [-0.15, -0.1) is 0 Å². The van der Waals surface area contributed by atoms with Crippen LogP contribution in [0.3, 0.4) is 0 Å². The van der Waals surface area contributed by atoms with Gasteiger partial charge in [-0.2, -0.15) is 0 Å². The SMILES string of the molecule is Cc1ccc(N2C(=O)C(=O)/C(=C(\O)c3cccc(Cl)c3)C2c2ccc(N(C)C)cc2)cc1. The summed E-state index contributed by atoms with van der Waals surface area (Å²) in [5.74, 6) is -1.66. The number of ketones is 1. The lowest BCUT2D eigenvalue weighted by atomic mass is 9.95. The lowest BCUT2D eigenvalue weighted by Gasteiger charge is -2.26. The summed E-state index contributed by atoms with van der Waals surface area (Å²) in [4.78, 5) is 29.7. The number of Topliss-reactive ketones (excluding diaryl/α,β-unsaturated/α-hetero) is 1. The number of amides is 1. The van der Waals surface area contributed by atoms with Crippen LogP contribution in [0.5, 0.6) is 0 Å². The third kappa shape index (κ3) is 3.87. The molecule has 1 amide bonds. The first-order chi connectivity index (χ1) is 15.3. The molecule has 1 saturated heterocycles. The van der Waals surface area contributed by atoms with Crippen molar-refractivity contribution in [3.8, 4) is 0 Å². The van der Waals surface area contributed by atoms with Crippen LogP contribution >= 0.6 is 11.6 Å². The van der Waals surface area contributed by atoms with Gasteiger partial charge in [-0.3, -0.25) is 14.5 Å². The summed E-state index contributed by atoms with van der Waals surface area (Å²) in [6.07, 6.45) is 0. The van der Waals surface area contributed by atoms with Crippen molar-refractivity contribution in [1.29, 1.82) is 0 Å². The highest BCUT2D eigenvalue weighted by atomic mass is 35.5. The first kappa shape index (κ1) is 21.7. The normalized spacial score (nSPS) is 17.6. The summed E-state index contributed by atoms with van der Waals surface area (Å²) in [5, 5.41) is 11.6. The minimum Gasteiger partial charge on any atom is -0.507 e. The minimum absolute atomic E-state index is 0.0374. The van der Waals surface area contributed by atoms with Crippen LogP contribution in [0.25, 0.3) is 5.76 Å². The molecular formula is C26H23ClN2O3. The van der Waals surface area contributed by atoms with E-state index in [9.17, 15) is 14.7 Å². The van der Waals surface area contributed by atoms with Crippen molar-refractivity contribution < 1.29 is 14.7 Å². The fourth-order valence-corrected chi connectivity index (χ4v) is 4.06. The van der Waals surface area contributed by atoms with Gasteiger partial charge in [-0.05, 0) is 48.9 Å². The number of carbonyl (C=O) groups is 2. The predicted octanol–water partition coefficient (Wildman–Crippen LogP) is 5.34. The summed E-state index contributed by atoms with van der Waals surface area (Å²) in [6.45, 7) is 1.95. The molecule has 0 spiro atoms. The molecule has 0 aromatic heterocycles. The summed E-state index contributed by atoms with van der Waals surface area (Å²) in [5.41, 5.74) is 3.75. The van der Waals surface area contributed by atoms with Crippen LogP contribution in [0, 0.1) is 6.92 Å². The van der Waals surface area contributed by atoms with Crippen LogP contribution in [-0.4, -0.2) is 30.9 Å². The van der Waals surface area contributed by atoms with Crippen LogP contribution in [-0.2, 0) is 9.59 Å². The lowest BCUT2D eigenvalue weighted by molar-refractivity contribution is -0.132. The van der Waals surface area contributed by atoms with E-state index in [1.165, 1.54) is 4.90 Å². The molecule has 1 unspecified atom stereocenters. The Morgan fingerprint density at radius 3 is 2.22 bits per heavy atom. The van der Waals surface area contributed by atoms with Crippen molar-refractivity contribution in [2.75, 3.05) is 23.9 Å². The van der Waals surface area contributed by atoms with E-state index in [0.29, 0.717) is 16.3 Å². The first-order valence-corrected chi connectivity index (χ1v) is 10.6. The van der Waals surface area contributed by atoms with Gasteiger partial charge in [0.05, 0.1) is 11.6 Å². The van der Waals surface area contributed by atoms with Crippen LogP contribution in [0.1, 0.15) is 22.7 Å². The second-order valence-electron chi connectivity index (χ2n) is 8.00. The topological polar surface area (TPSA) is 60.9 Å². The number of aliphatic hydroxyl groups excluding tert-OH is 1. The van der Waals surface area contributed by atoms with Gasteiger partial charge in [0.25, 0.3) is 11.7 Å². The fourth-order valence-electron chi connectivity index (χ4n) is 3.87. The molecule has 1 aliphatic heterocycles. The van der Waals surface area contributed by atoms with E-state index in [4.69, 9.17) is 11.6 Å². The maximum atomic E-state index is 13.2. The molecule has 4 rings (SSSR count). The zero-order valence-corrected chi connectivity index (χ0v) is 18.8. The molecule has 0 radical (unpaired) electrons. The van der Waals surface area contributed by atoms with E-state index in [2.05, 4.69) is 0 Å². The molecule has 0 bridgehead atoms. The molecule has 0 aliphatic carbocycles. The van der Waals surface area contributed by atoms with Crippen molar-refractivity contribution in [3.05, 3.63) is 100 Å². The number of hydrogen-bond donors (Lipinski definition) is 1. The average molecular weight is 447 g/mol. The van der Waals surface area contributed by atoms with E-state index in [1.54, 1.807) is 36.4 Å². The van der Waals surface area contributed by atoms with Crippen LogP contribution in [0.4, 0.5) is 11.4 Å². The van der Waals surface area contributed by atoms with Crippen molar-refractivity contribution in [3.63, 3.8) is 0 Å². The van der Waals surface area contributed by atoms with Crippen LogP contribution in [0.15, 0.2) is 78.4 Å². The molecule has 162 valence electrons. The molecule has 6 heteroatoms. The molecule has 1 fully saturated rings. The molecule has 3 aromatic rings. The van der Waals surface area contributed by atoms with Crippen molar-refractivity contribution >= 4 is 40.4 Å². The number of aryl methyl sites for hydroxylation is 1. The number of rotatable bonds is 4. The van der Waals surface area contributed by atoms with Gasteiger partial charge in [-0.1, -0.05) is 53.6 Å². The Labute approximate surface area is 192 Å². The van der Waals surface area contributed by atoms with E-state index >= 15 is 0 Å². The number of anilines is 2. The Morgan fingerprint density at radius 2 is 1.62 bits per heavy atom. The van der Waals surface area contributed by atoms with Gasteiger partial charge >= 0.3 is 0 Å². The number of aliphatic hydroxyl groups is 1. The zero-order valence-electron chi connectivity index (χ0n) is 18.0. The Kier molecular flexibility index (Phi) is 5.76. The highest BCUT2D eigenvalue weighted by molar-refractivity contribution is 6.51. The number of carbonyl (C=O) groups excluding carboxylic acids is 2. The Balaban J connectivity index is 1.93. The smallest absolute Gasteiger partial charge is 0.300 e. The molecular weight excluding hydrogens is 424 g/mol. The summed E-state index contributed by atoms with van der Waals surface area (Å²) in [6, 6.07) is 20.8. The lowest BCUT2D eigenvalue weighted by Crippen LogP contribution is -2.29. The fraction of sp³-hybridized carbons (Fsp3) is 0.154. The van der Waals surface area contributed by atoms with E-state index in [0.717, 1.165) is 16.8 Å². The molecule has 1 atom stereocenters. The van der Waals surface area contributed by atoms with Crippen LogP contribution < -0.4 is 9.80 Å². The maximum absolute atomic E-state index is 13.2. The van der Waals surface area contributed by atoms with Crippen LogP contribution in [0.2, 0.25) is 5.02 Å². The van der Waals surface area contributed by atoms with Crippen molar-refractivity contribution in [2.24, 2.45) is 0 Å². The molecule has 1 heterocycles. The van der Waals surface area contributed by atoms with Gasteiger partial charge in [0, 0.05) is 36.1 Å². The summed E-state index contributed by atoms with van der Waals surface area (Å²) >= 11 is 6.10. The molecule has 5 nitrogen and oxygen atoms in total. The number of halogens is 1. The second-order valence-corrected chi connectivity index (χ2v) is 8.44. The quantitative estimate of drug-likeness (QED) is 0.334. The van der Waals surface area contributed by atoms with E-state index in [1.807, 2.05) is 62.3 Å². The Hall–Kier alpha value is -3.57. The van der Waals surface area contributed by atoms with E-state index < -0.39 is 17.7 Å². The molecule has 32 heavy (non-hydrogen) atoms. The average Bonchev–Trinajstić information content (AvgIpc) is 3.04. The summed E-state index contributed by atoms with van der Waals surface area (Å²) < 4.78 is 0. The van der Waals surface area contributed by atoms with E-state index in [-0.39, 0.29) is 11.3 Å². The van der Waals surface area contributed by atoms with Crippen molar-refractivity contribution in [1.82, 2.24) is 0 Å². The largest absolute Gasteiger partial charge is 0.507 e. The number of nitrogens with zero attached hydrogens (tertiary/aromatic N) is 2. The Morgan fingerprint density at radius 1 is 0.969 bits per heavy atom. The Bertz CT molecular complexity index is 1210. The van der Waals surface area contributed by atoms with Gasteiger partial charge in [-0.25, -0.2) is 0 Å². The maximum Gasteiger partial charge on any atom is 0.300 e. The molecule has 0 saturated carbocycles. The predicted molar refractivity (Wildman–Crippen MR) is 128 cm³/mol. The standard InChI is InChI=1S/C26H23ClN2O3/c1-16-7-11-21(12-8-16)29-23(17-9-13-20(14-10-17)28(2)3)22(25(31)26(29)32)24(30)18-5-4-6-19(27)15-18/h4-15,23,30H,1-3H3/b24-22-. The third-order valence-corrected chi connectivity index (χ3v) is 5.81. The zero-order chi connectivity index (χ0) is 23.0. The minimum atomic E-state index is -0.770. The highest BCUT2D eigenvalue weighted by Gasteiger charge is 2.46. The number of benzene rings is 3.